The van der Waals surface area contributed by atoms with Gasteiger partial charge in [-0.05, 0) is 35.7 Å². The lowest BCUT2D eigenvalue weighted by Crippen LogP contribution is -2.12. The smallest absolute Gasteiger partial charge is 0.107 e. The van der Waals surface area contributed by atoms with Gasteiger partial charge in [0.05, 0.1) is 9.73 Å². The standard InChI is InChI=1S/C16H16N2S2/c1-2-17-11-13-10-12-6-3-4-7-14(12)18-16(13)20-15-8-5-9-19-15/h3-10,17H,2,11H2,1H3. The molecule has 4 heteroatoms. The van der Waals surface area contributed by atoms with Crippen molar-refractivity contribution in [3.63, 3.8) is 0 Å². The van der Waals surface area contributed by atoms with Gasteiger partial charge in [0.1, 0.15) is 5.03 Å². The Morgan fingerprint density at radius 1 is 1.20 bits per heavy atom. The molecule has 0 saturated heterocycles. The molecule has 20 heavy (non-hydrogen) atoms. The van der Waals surface area contributed by atoms with E-state index in [-0.39, 0.29) is 0 Å². The summed E-state index contributed by atoms with van der Waals surface area (Å²) in [5.74, 6) is 0. The third-order valence-corrected chi connectivity index (χ3v) is 5.11. The minimum Gasteiger partial charge on any atom is -0.313 e. The van der Waals surface area contributed by atoms with E-state index in [2.05, 4.69) is 54.0 Å². The van der Waals surface area contributed by atoms with Crippen LogP contribution < -0.4 is 5.32 Å². The second-order valence-electron chi connectivity index (χ2n) is 4.46. The lowest BCUT2D eigenvalue weighted by molar-refractivity contribution is 0.713. The van der Waals surface area contributed by atoms with Gasteiger partial charge in [0.25, 0.3) is 0 Å². The number of nitrogens with zero attached hydrogens (tertiary/aromatic N) is 1. The Morgan fingerprint density at radius 2 is 2.10 bits per heavy atom. The molecule has 0 bridgehead atoms. The number of para-hydroxylation sites is 1. The zero-order valence-corrected chi connectivity index (χ0v) is 12.9. The zero-order valence-electron chi connectivity index (χ0n) is 11.3. The molecule has 3 aromatic rings. The second-order valence-corrected chi connectivity index (χ2v) is 6.70. The van der Waals surface area contributed by atoms with Gasteiger partial charge in [0.2, 0.25) is 0 Å². The normalized spacial score (nSPS) is 11.1. The van der Waals surface area contributed by atoms with Crippen molar-refractivity contribution in [2.45, 2.75) is 22.7 Å². The lowest BCUT2D eigenvalue weighted by atomic mass is 10.1. The third-order valence-electron chi connectivity index (χ3n) is 3.02. The summed E-state index contributed by atoms with van der Waals surface area (Å²) in [7, 11) is 0. The fourth-order valence-corrected chi connectivity index (χ4v) is 3.82. The van der Waals surface area contributed by atoms with Crippen LogP contribution in [0.5, 0.6) is 0 Å². The lowest BCUT2D eigenvalue weighted by Gasteiger charge is -2.10. The molecule has 0 aliphatic carbocycles. The number of fused-ring (bicyclic) bond motifs is 1. The van der Waals surface area contributed by atoms with Crippen LogP contribution in [0.15, 0.2) is 57.1 Å². The molecule has 2 aromatic heterocycles. The van der Waals surface area contributed by atoms with Gasteiger partial charge in [-0.3, -0.25) is 0 Å². The summed E-state index contributed by atoms with van der Waals surface area (Å²) >= 11 is 3.51. The van der Waals surface area contributed by atoms with Gasteiger partial charge in [0, 0.05) is 11.9 Å². The molecule has 0 radical (unpaired) electrons. The van der Waals surface area contributed by atoms with Crippen molar-refractivity contribution >= 4 is 34.0 Å². The molecule has 0 saturated carbocycles. The van der Waals surface area contributed by atoms with Crippen molar-refractivity contribution in [1.82, 2.24) is 10.3 Å². The van der Waals surface area contributed by atoms with Gasteiger partial charge in [-0.2, -0.15) is 0 Å². The SMILES string of the molecule is CCNCc1cc2ccccc2nc1Sc1cccs1. The number of rotatable bonds is 5. The molecular formula is C16H16N2S2. The Hall–Kier alpha value is -1.36. The van der Waals surface area contributed by atoms with Crippen LogP contribution in [-0.2, 0) is 6.54 Å². The summed E-state index contributed by atoms with van der Waals surface area (Å²) < 4.78 is 1.28. The molecule has 1 N–H and O–H groups in total. The number of thiophene rings is 1. The van der Waals surface area contributed by atoms with Crippen molar-refractivity contribution in [1.29, 1.82) is 0 Å². The van der Waals surface area contributed by atoms with Gasteiger partial charge in [-0.1, -0.05) is 43.0 Å². The van der Waals surface area contributed by atoms with E-state index in [1.54, 1.807) is 23.1 Å². The maximum atomic E-state index is 4.83. The minimum absolute atomic E-state index is 0.863. The van der Waals surface area contributed by atoms with Crippen LogP contribution in [0.4, 0.5) is 0 Å². The minimum atomic E-state index is 0.863. The number of pyridine rings is 1. The molecular weight excluding hydrogens is 284 g/mol. The van der Waals surface area contributed by atoms with Crippen LogP contribution in [0.3, 0.4) is 0 Å². The topological polar surface area (TPSA) is 24.9 Å². The molecule has 3 rings (SSSR count). The molecule has 0 spiro atoms. The number of nitrogens with one attached hydrogen (secondary N) is 1. The molecule has 2 heterocycles. The van der Waals surface area contributed by atoms with Gasteiger partial charge in [-0.25, -0.2) is 4.98 Å². The summed E-state index contributed by atoms with van der Waals surface area (Å²) in [6.07, 6.45) is 0. The van der Waals surface area contributed by atoms with Crippen LogP contribution in [-0.4, -0.2) is 11.5 Å². The third kappa shape index (κ3) is 3.03. The quantitative estimate of drug-likeness (QED) is 0.748. The molecule has 102 valence electrons. The van der Waals surface area contributed by atoms with Crippen LogP contribution in [0.2, 0.25) is 0 Å². The summed E-state index contributed by atoms with van der Waals surface area (Å²) in [6.45, 7) is 3.96. The van der Waals surface area contributed by atoms with Crippen LogP contribution in [0.1, 0.15) is 12.5 Å². The van der Waals surface area contributed by atoms with Crippen LogP contribution in [0, 0.1) is 0 Å². The molecule has 0 atom stereocenters. The number of hydrogen-bond acceptors (Lipinski definition) is 4. The number of aromatic nitrogens is 1. The van der Waals surface area contributed by atoms with E-state index in [4.69, 9.17) is 4.98 Å². The largest absolute Gasteiger partial charge is 0.313 e. The maximum absolute atomic E-state index is 4.83. The van der Waals surface area contributed by atoms with Crippen LogP contribution >= 0.6 is 23.1 Å². The van der Waals surface area contributed by atoms with E-state index >= 15 is 0 Å². The molecule has 0 unspecified atom stereocenters. The first-order chi connectivity index (χ1) is 9.86. The van der Waals surface area contributed by atoms with E-state index in [1.807, 2.05) is 6.07 Å². The molecule has 0 amide bonds. The molecule has 1 aromatic carbocycles. The van der Waals surface area contributed by atoms with Gasteiger partial charge in [0.15, 0.2) is 0 Å². The fourth-order valence-electron chi connectivity index (χ4n) is 2.03. The Labute approximate surface area is 127 Å². The predicted molar refractivity (Wildman–Crippen MR) is 87.6 cm³/mol. The van der Waals surface area contributed by atoms with Crippen LogP contribution in [0.25, 0.3) is 10.9 Å². The van der Waals surface area contributed by atoms with Crippen molar-refractivity contribution < 1.29 is 0 Å². The highest BCUT2D eigenvalue weighted by Gasteiger charge is 2.09. The average molecular weight is 300 g/mol. The van der Waals surface area contributed by atoms with Crippen molar-refractivity contribution in [2.75, 3.05) is 6.54 Å². The summed E-state index contributed by atoms with van der Waals surface area (Å²) in [6, 6.07) is 14.8. The predicted octanol–water partition coefficient (Wildman–Crippen LogP) is 4.56. The Kier molecular flexibility index (Phi) is 4.35. The second kappa shape index (κ2) is 6.39. The number of hydrogen-bond donors (Lipinski definition) is 1. The highest BCUT2D eigenvalue weighted by molar-refractivity contribution is 8.01. The molecule has 0 fully saturated rings. The number of benzene rings is 1. The summed E-state index contributed by atoms with van der Waals surface area (Å²) in [5, 5.41) is 7.81. The van der Waals surface area contributed by atoms with E-state index in [9.17, 15) is 0 Å². The highest BCUT2D eigenvalue weighted by atomic mass is 32.2. The molecule has 0 aliphatic heterocycles. The van der Waals surface area contributed by atoms with E-state index in [0.29, 0.717) is 0 Å². The Bertz CT molecular complexity index is 693. The van der Waals surface area contributed by atoms with E-state index in [0.717, 1.165) is 23.6 Å². The summed E-state index contributed by atoms with van der Waals surface area (Å²) in [4.78, 5) is 4.83. The van der Waals surface area contributed by atoms with Gasteiger partial charge < -0.3 is 5.32 Å². The fraction of sp³-hybridized carbons (Fsp3) is 0.188. The monoisotopic (exact) mass is 300 g/mol. The highest BCUT2D eigenvalue weighted by Crippen LogP contribution is 2.33. The van der Waals surface area contributed by atoms with Crippen molar-refractivity contribution in [2.24, 2.45) is 0 Å². The van der Waals surface area contributed by atoms with Gasteiger partial charge in [-0.15, -0.1) is 11.3 Å². The van der Waals surface area contributed by atoms with E-state index in [1.165, 1.54) is 15.2 Å². The average Bonchev–Trinajstić information content (AvgIpc) is 2.98. The molecule has 2 nitrogen and oxygen atoms in total. The maximum Gasteiger partial charge on any atom is 0.107 e. The first kappa shape index (κ1) is 13.6. The molecule has 0 aliphatic rings. The van der Waals surface area contributed by atoms with E-state index < -0.39 is 0 Å². The Balaban J connectivity index is 2.01. The van der Waals surface area contributed by atoms with Crippen molar-refractivity contribution in [3.8, 4) is 0 Å². The first-order valence-corrected chi connectivity index (χ1v) is 8.37. The Morgan fingerprint density at radius 3 is 2.90 bits per heavy atom. The van der Waals surface area contributed by atoms with Crippen molar-refractivity contribution in [3.05, 3.63) is 53.4 Å². The first-order valence-electron chi connectivity index (χ1n) is 6.67. The zero-order chi connectivity index (χ0) is 13.8. The summed E-state index contributed by atoms with van der Waals surface area (Å²) in [5.41, 5.74) is 2.33. The van der Waals surface area contributed by atoms with Gasteiger partial charge >= 0.3 is 0 Å².